The molecule has 0 saturated heterocycles. The molecule has 0 bridgehead atoms. The number of halogens is 1. The number of para-hydroxylation sites is 1. The van der Waals surface area contributed by atoms with E-state index in [1.165, 1.54) is 0 Å². The van der Waals surface area contributed by atoms with Gasteiger partial charge in [-0.15, -0.1) is 0 Å². The lowest BCUT2D eigenvalue weighted by atomic mass is 9.95. The summed E-state index contributed by atoms with van der Waals surface area (Å²) in [6.07, 6.45) is 0.709. The Balaban J connectivity index is 2.23. The lowest BCUT2D eigenvalue weighted by Crippen LogP contribution is -2.21. The van der Waals surface area contributed by atoms with Crippen molar-refractivity contribution < 1.29 is 4.79 Å². The largest absolute Gasteiger partial charge is 0.397 e. The minimum Gasteiger partial charge on any atom is -0.397 e. The second-order valence-corrected chi connectivity index (χ2v) is 4.97. The number of rotatable bonds is 4. The van der Waals surface area contributed by atoms with Gasteiger partial charge in [-0.1, -0.05) is 54.9 Å². The zero-order chi connectivity index (χ0) is 14.5. The summed E-state index contributed by atoms with van der Waals surface area (Å²) in [4.78, 5) is 12.4. The number of hydrogen-bond acceptors (Lipinski definition) is 2. The minimum absolute atomic E-state index is 0.0986. The Labute approximate surface area is 123 Å². The quantitative estimate of drug-likeness (QED) is 0.834. The van der Waals surface area contributed by atoms with E-state index in [1.807, 2.05) is 37.3 Å². The van der Waals surface area contributed by atoms with E-state index in [1.54, 1.807) is 18.2 Å². The van der Waals surface area contributed by atoms with Gasteiger partial charge >= 0.3 is 0 Å². The molecule has 0 fully saturated rings. The van der Waals surface area contributed by atoms with E-state index in [0.717, 1.165) is 5.56 Å². The summed E-state index contributed by atoms with van der Waals surface area (Å²) in [6, 6.07) is 14.8. The molecule has 2 aromatic rings. The van der Waals surface area contributed by atoms with Crippen LogP contribution in [0.25, 0.3) is 0 Å². The molecule has 0 aromatic heterocycles. The molecule has 4 heteroatoms. The van der Waals surface area contributed by atoms with Gasteiger partial charge in [-0.3, -0.25) is 4.79 Å². The number of nitrogens with two attached hydrogens (primary N) is 1. The van der Waals surface area contributed by atoms with Gasteiger partial charge in [-0.2, -0.15) is 0 Å². The summed E-state index contributed by atoms with van der Waals surface area (Å²) in [5.41, 5.74) is 7.78. The smallest absolute Gasteiger partial charge is 0.232 e. The summed E-state index contributed by atoms with van der Waals surface area (Å²) in [5, 5.41) is 3.28. The van der Waals surface area contributed by atoms with Crippen molar-refractivity contribution in [1.29, 1.82) is 0 Å². The van der Waals surface area contributed by atoms with Crippen molar-refractivity contribution in [3.63, 3.8) is 0 Å². The van der Waals surface area contributed by atoms with Crippen molar-refractivity contribution in [2.24, 2.45) is 0 Å². The van der Waals surface area contributed by atoms with E-state index in [0.29, 0.717) is 22.8 Å². The number of hydrogen-bond donors (Lipinski definition) is 2. The first-order valence-electron chi connectivity index (χ1n) is 6.53. The van der Waals surface area contributed by atoms with Crippen molar-refractivity contribution >= 4 is 28.9 Å². The second kappa shape index (κ2) is 6.44. The standard InChI is InChI=1S/C16H17ClN2O/c1-2-12(11-7-4-3-5-8-11)16(20)19-15-13(17)9-6-10-14(15)18/h3-10,12H,2,18H2,1H3,(H,19,20). The molecule has 0 saturated carbocycles. The highest BCUT2D eigenvalue weighted by atomic mass is 35.5. The first-order valence-corrected chi connectivity index (χ1v) is 6.91. The first-order chi connectivity index (χ1) is 9.63. The fourth-order valence-electron chi connectivity index (χ4n) is 2.14. The molecule has 0 heterocycles. The van der Waals surface area contributed by atoms with Crippen LogP contribution in [0, 0.1) is 0 Å². The topological polar surface area (TPSA) is 55.1 Å². The third-order valence-corrected chi connectivity index (χ3v) is 3.54. The highest BCUT2D eigenvalue weighted by Gasteiger charge is 2.20. The van der Waals surface area contributed by atoms with E-state index < -0.39 is 0 Å². The van der Waals surface area contributed by atoms with E-state index in [4.69, 9.17) is 17.3 Å². The van der Waals surface area contributed by atoms with Crippen LogP contribution in [0.15, 0.2) is 48.5 Å². The van der Waals surface area contributed by atoms with Gasteiger partial charge in [0.1, 0.15) is 0 Å². The van der Waals surface area contributed by atoms with Gasteiger partial charge in [-0.05, 0) is 24.1 Å². The minimum atomic E-state index is -0.216. The molecule has 0 aliphatic heterocycles. The predicted octanol–water partition coefficient (Wildman–Crippen LogP) is 4.05. The third kappa shape index (κ3) is 3.11. The summed E-state index contributed by atoms with van der Waals surface area (Å²) in [6.45, 7) is 1.98. The third-order valence-electron chi connectivity index (χ3n) is 3.22. The fraction of sp³-hybridized carbons (Fsp3) is 0.188. The van der Waals surface area contributed by atoms with Crippen molar-refractivity contribution in [2.75, 3.05) is 11.1 Å². The van der Waals surface area contributed by atoms with Crippen LogP contribution in [0.4, 0.5) is 11.4 Å². The maximum atomic E-state index is 12.4. The average Bonchev–Trinajstić information content (AvgIpc) is 2.45. The maximum absolute atomic E-state index is 12.4. The molecule has 1 amide bonds. The van der Waals surface area contributed by atoms with Crippen molar-refractivity contribution in [2.45, 2.75) is 19.3 Å². The van der Waals surface area contributed by atoms with Crippen LogP contribution in [-0.2, 0) is 4.79 Å². The number of carbonyl (C=O) groups is 1. The summed E-state index contributed by atoms with van der Waals surface area (Å²) < 4.78 is 0. The van der Waals surface area contributed by atoms with Gasteiger partial charge in [0.15, 0.2) is 0 Å². The number of amides is 1. The van der Waals surface area contributed by atoms with E-state index >= 15 is 0 Å². The highest BCUT2D eigenvalue weighted by Crippen LogP contribution is 2.30. The first kappa shape index (κ1) is 14.4. The molecule has 20 heavy (non-hydrogen) atoms. The molecule has 0 aliphatic rings. The Bertz CT molecular complexity index is 578. The normalized spacial score (nSPS) is 11.9. The maximum Gasteiger partial charge on any atom is 0.232 e. The molecule has 1 atom stereocenters. The molecular weight excluding hydrogens is 272 g/mol. The van der Waals surface area contributed by atoms with Gasteiger partial charge in [-0.25, -0.2) is 0 Å². The molecule has 0 radical (unpaired) electrons. The SMILES string of the molecule is CCC(C(=O)Nc1c(N)cccc1Cl)c1ccccc1. The Morgan fingerprint density at radius 3 is 2.50 bits per heavy atom. The monoisotopic (exact) mass is 288 g/mol. The summed E-state index contributed by atoms with van der Waals surface area (Å²) >= 11 is 6.07. The summed E-state index contributed by atoms with van der Waals surface area (Å²) in [7, 11) is 0. The number of carbonyl (C=O) groups excluding carboxylic acids is 1. The second-order valence-electron chi connectivity index (χ2n) is 4.56. The van der Waals surface area contributed by atoms with Crippen LogP contribution in [0.1, 0.15) is 24.8 Å². The van der Waals surface area contributed by atoms with Crippen LogP contribution in [-0.4, -0.2) is 5.91 Å². The van der Waals surface area contributed by atoms with Gasteiger partial charge in [0, 0.05) is 0 Å². The Hall–Kier alpha value is -2.00. The molecule has 3 N–H and O–H groups in total. The number of nitrogens with one attached hydrogen (secondary N) is 1. The number of anilines is 2. The summed E-state index contributed by atoms with van der Waals surface area (Å²) in [5.74, 6) is -0.314. The van der Waals surface area contributed by atoms with Crippen LogP contribution < -0.4 is 11.1 Å². The molecule has 1 unspecified atom stereocenters. The fourth-order valence-corrected chi connectivity index (χ4v) is 2.37. The molecular formula is C16H17ClN2O. The van der Waals surface area contributed by atoms with Gasteiger partial charge in [0.05, 0.1) is 22.3 Å². The molecule has 104 valence electrons. The molecule has 2 aromatic carbocycles. The van der Waals surface area contributed by atoms with Crippen LogP contribution in [0.5, 0.6) is 0 Å². The van der Waals surface area contributed by atoms with Gasteiger partial charge < -0.3 is 11.1 Å². The van der Waals surface area contributed by atoms with Crippen LogP contribution in [0.2, 0.25) is 5.02 Å². The van der Waals surface area contributed by atoms with Crippen LogP contribution in [0.3, 0.4) is 0 Å². The lowest BCUT2D eigenvalue weighted by Gasteiger charge is -2.17. The zero-order valence-electron chi connectivity index (χ0n) is 11.3. The average molecular weight is 289 g/mol. The van der Waals surface area contributed by atoms with Gasteiger partial charge in [0.2, 0.25) is 5.91 Å². The van der Waals surface area contributed by atoms with Crippen LogP contribution >= 0.6 is 11.6 Å². The van der Waals surface area contributed by atoms with E-state index in [-0.39, 0.29) is 11.8 Å². The van der Waals surface area contributed by atoms with Gasteiger partial charge in [0.25, 0.3) is 0 Å². The predicted molar refractivity (Wildman–Crippen MR) is 84.0 cm³/mol. The molecule has 2 rings (SSSR count). The number of benzene rings is 2. The zero-order valence-corrected chi connectivity index (χ0v) is 12.0. The molecule has 0 aliphatic carbocycles. The lowest BCUT2D eigenvalue weighted by molar-refractivity contribution is -0.117. The van der Waals surface area contributed by atoms with Crippen molar-refractivity contribution in [3.05, 3.63) is 59.1 Å². The van der Waals surface area contributed by atoms with Crippen molar-refractivity contribution in [3.8, 4) is 0 Å². The van der Waals surface area contributed by atoms with E-state index in [9.17, 15) is 4.79 Å². The Morgan fingerprint density at radius 2 is 1.90 bits per heavy atom. The number of nitrogen functional groups attached to an aromatic ring is 1. The Kier molecular flexibility index (Phi) is 4.64. The highest BCUT2D eigenvalue weighted by molar-refractivity contribution is 6.34. The van der Waals surface area contributed by atoms with E-state index in [2.05, 4.69) is 5.32 Å². The molecule has 3 nitrogen and oxygen atoms in total. The van der Waals surface area contributed by atoms with Crippen molar-refractivity contribution in [1.82, 2.24) is 0 Å². The molecule has 0 spiro atoms. The Morgan fingerprint density at radius 1 is 1.20 bits per heavy atom.